The molecule has 4 nitrogen and oxygen atoms in total. The van der Waals surface area contributed by atoms with Crippen molar-refractivity contribution in [2.45, 2.75) is 25.1 Å². The lowest BCUT2D eigenvalue weighted by atomic mass is 9.95. The largest absolute Gasteiger partial charge is 0.393 e. The zero-order valence-electron chi connectivity index (χ0n) is 8.84. The van der Waals surface area contributed by atoms with E-state index in [1.54, 1.807) is 0 Å². The predicted octanol–water partition coefficient (Wildman–Crippen LogP) is 0.466. The van der Waals surface area contributed by atoms with Gasteiger partial charge in [-0.25, -0.2) is 13.1 Å². The van der Waals surface area contributed by atoms with Gasteiger partial charge in [0.2, 0.25) is 10.0 Å². The lowest BCUT2D eigenvalue weighted by Crippen LogP contribution is -2.45. The third kappa shape index (κ3) is 4.26. The van der Waals surface area contributed by atoms with E-state index in [1.165, 1.54) is 0 Å². The number of rotatable bonds is 2. The molecule has 1 saturated heterocycles. The van der Waals surface area contributed by atoms with Gasteiger partial charge < -0.3 is 5.32 Å². The minimum atomic E-state index is -4.37. The summed E-state index contributed by atoms with van der Waals surface area (Å²) in [4.78, 5) is 0. The van der Waals surface area contributed by atoms with E-state index < -0.39 is 28.2 Å². The fourth-order valence-corrected chi connectivity index (χ4v) is 2.68. The van der Waals surface area contributed by atoms with Gasteiger partial charge >= 0.3 is 6.18 Å². The van der Waals surface area contributed by atoms with E-state index in [9.17, 15) is 21.6 Å². The lowest BCUT2D eigenvalue weighted by molar-refractivity contribution is -0.181. The molecule has 96 valence electrons. The van der Waals surface area contributed by atoms with E-state index in [2.05, 4.69) is 10.0 Å². The average Bonchev–Trinajstić information content (AvgIpc) is 2.25. The molecule has 0 aromatic carbocycles. The molecule has 2 atom stereocenters. The van der Waals surface area contributed by atoms with E-state index in [1.807, 2.05) is 0 Å². The van der Waals surface area contributed by atoms with Crippen molar-refractivity contribution in [1.29, 1.82) is 0 Å². The maximum atomic E-state index is 12.7. The van der Waals surface area contributed by atoms with Crippen molar-refractivity contribution >= 4 is 10.0 Å². The second-order valence-corrected chi connectivity index (χ2v) is 5.75. The second-order valence-electron chi connectivity index (χ2n) is 3.97. The molecule has 0 bridgehead atoms. The van der Waals surface area contributed by atoms with Crippen molar-refractivity contribution in [2.24, 2.45) is 5.92 Å². The summed E-state index contributed by atoms with van der Waals surface area (Å²) in [6, 6.07) is -1.06. The molecular weight excluding hydrogens is 245 g/mol. The summed E-state index contributed by atoms with van der Waals surface area (Å²) in [6.45, 7) is 0.645. The Bertz CT molecular complexity index is 329. The highest BCUT2D eigenvalue weighted by Gasteiger charge is 2.45. The fourth-order valence-electron chi connectivity index (χ4n) is 1.85. The Kier molecular flexibility index (Phi) is 4.19. The molecule has 0 aromatic rings. The Balaban J connectivity index is 2.82. The maximum absolute atomic E-state index is 12.7. The van der Waals surface area contributed by atoms with Crippen LogP contribution in [0.1, 0.15) is 12.8 Å². The van der Waals surface area contributed by atoms with E-state index in [0.717, 1.165) is 6.26 Å². The Morgan fingerprint density at radius 3 is 2.31 bits per heavy atom. The topological polar surface area (TPSA) is 58.2 Å². The highest BCUT2D eigenvalue weighted by molar-refractivity contribution is 7.88. The van der Waals surface area contributed by atoms with Crippen LogP contribution >= 0.6 is 0 Å². The number of alkyl halides is 3. The summed E-state index contributed by atoms with van der Waals surface area (Å²) in [6.07, 6.45) is -3.44. The Hall–Kier alpha value is -0.340. The van der Waals surface area contributed by atoms with Gasteiger partial charge in [0.1, 0.15) is 0 Å². The highest BCUT2D eigenvalue weighted by atomic mass is 32.2. The molecule has 0 radical (unpaired) electrons. The predicted molar refractivity (Wildman–Crippen MR) is 53.4 cm³/mol. The molecule has 0 saturated carbocycles. The standard InChI is InChI=1S/C8H15F3N2O2S/c1-16(14,15)13-7-3-5-12-4-2-6(7)8(9,10)11/h6-7,12-13H,2-5H2,1H3. The molecule has 16 heavy (non-hydrogen) atoms. The molecule has 1 fully saturated rings. The van der Waals surface area contributed by atoms with Gasteiger partial charge in [-0.15, -0.1) is 0 Å². The molecule has 8 heteroatoms. The number of nitrogens with one attached hydrogen (secondary N) is 2. The van der Waals surface area contributed by atoms with Crippen LogP contribution in [0.3, 0.4) is 0 Å². The van der Waals surface area contributed by atoms with Crippen molar-refractivity contribution in [3.63, 3.8) is 0 Å². The van der Waals surface area contributed by atoms with E-state index in [0.29, 0.717) is 6.54 Å². The van der Waals surface area contributed by atoms with Crippen LogP contribution in [0.25, 0.3) is 0 Å². The first kappa shape index (κ1) is 13.7. The van der Waals surface area contributed by atoms with Gasteiger partial charge in [0, 0.05) is 6.04 Å². The van der Waals surface area contributed by atoms with Gasteiger partial charge in [-0.3, -0.25) is 0 Å². The number of sulfonamides is 1. The van der Waals surface area contributed by atoms with Crippen molar-refractivity contribution in [3.05, 3.63) is 0 Å². The molecule has 0 aliphatic carbocycles. The molecule has 1 aliphatic rings. The maximum Gasteiger partial charge on any atom is 0.393 e. The molecule has 0 amide bonds. The first-order chi connectivity index (χ1) is 7.20. The van der Waals surface area contributed by atoms with Crippen LogP contribution < -0.4 is 10.0 Å². The van der Waals surface area contributed by atoms with Gasteiger partial charge in [-0.1, -0.05) is 0 Å². The fraction of sp³-hybridized carbons (Fsp3) is 1.00. The highest BCUT2D eigenvalue weighted by Crippen LogP contribution is 2.33. The van der Waals surface area contributed by atoms with Crippen molar-refractivity contribution in [2.75, 3.05) is 19.3 Å². The van der Waals surface area contributed by atoms with Crippen LogP contribution in [-0.2, 0) is 10.0 Å². The lowest BCUT2D eigenvalue weighted by Gasteiger charge is -2.26. The van der Waals surface area contributed by atoms with E-state index >= 15 is 0 Å². The minimum absolute atomic E-state index is 0.101. The molecule has 1 heterocycles. The van der Waals surface area contributed by atoms with Crippen LogP contribution in [-0.4, -0.2) is 40.0 Å². The summed E-state index contributed by atoms with van der Waals surface area (Å²) in [5.41, 5.74) is 0. The van der Waals surface area contributed by atoms with Gasteiger partial charge in [0.05, 0.1) is 12.2 Å². The van der Waals surface area contributed by atoms with Crippen molar-refractivity contribution in [1.82, 2.24) is 10.0 Å². The Labute approximate surface area is 92.6 Å². The minimum Gasteiger partial charge on any atom is -0.317 e. The Morgan fingerprint density at radius 1 is 1.25 bits per heavy atom. The summed E-state index contributed by atoms with van der Waals surface area (Å²) >= 11 is 0. The SMILES string of the molecule is CS(=O)(=O)NC1CCNCCC1C(F)(F)F. The van der Waals surface area contributed by atoms with Crippen LogP contribution in [0.5, 0.6) is 0 Å². The van der Waals surface area contributed by atoms with E-state index in [-0.39, 0.29) is 19.4 Å². The van der Waals surface area contributed by atoms with Gasteiger partial charge in [-0.05, 0) is 25.9 Å². The molecule has 0 spiro atoms. The number of halogens is 3. The first-order valence-electron chi connectivity index (χ1n) is 4.95. The summed E-state index contributed by atoms with van der Waals surface area (Å²) < 4.78 is 62.1. The molecule has 2 unspecified atom stereocenters. The van der Waals surface area contributed by atoms with Gasteiger partial charge in [0.25, 0.3) is 0 Å². The molecule has 1 rings (SSSR count). The number of hydrogen-bond donors (Lipinski definition) is 2. The van der Waals surface area contributed by atoms with Gasteiger partial charge in [-0.2, -0.15) is 13.2 Å². The first-order valence-corrected chi connectivity index (χ1v) is 6.84. The summed E-state index contributed by atoms with van der Waals surface area (Å²) in [5, 5.41) is 2.83. The zero-order valence-corrected chi connectivity index (χ0v) is 9.66. The quantitative estimate of drug-likeness (QED) is 0.758. The van der Waals surface area contributed by atoms with Crippen LogP contribution in [0.15, 0.2) is 0 Å². The summed E-state index contributed by atoms with van der Waals surface area (Å²) in [5.74, 6) is -1.61. The smallest absolute Gasteiger partial charge is 0.317 e. The molecule has 0 aromatic heterocycles. The zero-order chi connectivity index (χ0) is 12.4. The Morgan fingerprint density at radius 2 is 1.81 bits per heavy atom. The van der Waals surface area contributed by atoms with E-state index in [4.69, 9.17) is 0 Å². The monoisotopic (exact) mass is 260 g/mol. The van der Waals surface area contributed by atoms with Crippen molar-refractivity contribution in [3.8, 4) is 0 Å². The molecule has 2 N–H and O–H groups in total. The normalized spacial score (nSPS) is 28.8. The van der Waals surface area contributed by atoms with Crippen molar-refractivity contribution < 1.29 is 21.6 Å². The second kappa shape index (κ2) is 4.89. The van der Waals surface area contributed by atoms with Crippen LogP contribution in [0.2, 0.25) is 0 Å². The molecular formula is C8H15F3N2O2S. The third-order valence-corrected chi connectivity index (χ3v) is 3.27. The van der Waals surface area contributed by atoms with Gasteiger partial charge in [0.15, 0.2) is 0 Å². The van der Waals surface area contributed by atoms with Crippen LogP contribution in [0, 0.1) is 5.92 Å². The molecule has 1 aliphatic heterocycles. The third-order valence-electron chi connectivity index (χ3n) is 2.54. The van der Waals surface area contributed by atoms with Crippen LogP contribution in [0.4, 0.5) is 13.2 Å². The average molecular weight is 260 g/mol. The number of hydrogen-bond acceptors (Lipinski definition) is 3. The summed E-state index contributed by atoms with van der Waals surface area (Å²) in [7, 11) is -3.61.